The SMILES string of the molecule is CC(C)CCCCNC(=O)c1cc(Cl)ncc1[N+](=O)[O-]. The van der Waals surface area contributed by atoms with E-state index in [0.717, 1.165) is 25.5 Å². The van der Waals surface area contributed by atoms with Crippen LogP contribution < -0.4 is 5.32 Å². The van der Waals surface area contributed by atoms with Crippen LogP contribution in [-0.2, 0) is 0 Å². The first-order valence-corrected chi connectivity index (χ1v) is 6.87. The third-order valence-electron chi connectivity index (χ3n) is 2.78. The molecule has 1 N–H and O–H groups in total. The summed E-state index contributed by atoms with van der Waals surface area (Å²) < 4.78 is 0. The molecule has 0 saturated heterocycles. The van der Waals surface area contributed by atoms with E-state index in [4.69, 9.17) is 11.6 Å². The van der Waals surface area contributed by atoms with E-state index in [2.05, 4.69) is 24.1 Å². The number of nitro groups is 1. The molecule has 20 heavy (non-hydrogen) atoms. The summed E-state index contributed by atoms with van der Waals surface area (Å²) in [6.45, 7) is 4.77. The van der Waals surface area contributed by atoms with Crippen LogP contribution >= 0.6 is 11.6 Å². The third kappa shape index (κ3) is 5.13. The van der Waals surface area contributed by atoms with E-state index in [1.165, 1.54) is 6.07 Å². The van der Waals surface area contributed by atoms with Gasteiger partial charge in [0, 0.05) is 6.54 Å². The maximum Gasteiger partial charge on any atom is 0.300 e. The summed E-state index contributed by atoms with van der Waals surface area (Å²) in [6, 6.07) is 1.21. The molecule has 110 valence electrons. The zero-order valence-corrected chi connectivity index (χ0v) is 12.3. The number of carbonyl (C=O) groups is 1. The van der Waals surface area contributed by atoms with E-state index >= 15 is 0 Å². The van der Waals surface area contributed by atoms with Gasteiger partial charge in [-0.05, 0) is 18.4 Å². The summed E-state index contributed by atoms with van der Waals surface area (Å²) in [5.74, 6) is 0.136. The van der Waals surface area contributed by atoms with Gasteiger partial charge in [0.05, 0.1) is 4.92 Å². The van der Waals surface area contributed by atoms with Gasteiger partial charge in [-0.1, -0.05) is 38.3 Å². The average Bonchev–Trinajstić information content (AvgIpc) is 2.37. The van der Waals surface area contributed by atoms with Crippen LogP contribution in [0.3, 0.4) is 0 Å². The van der Waals surface area contributed by atoms with Crippen LogP contribution in [0.1, 0.15) is 43.5 Å². The number of pyridine rings is 1. The molecule has 0 unspecified atom stereocenters. The Balaban J connectivity index is 2.59. The van der Waals surface area contributed by atoms with Crippen LogP contribution in [0, 0.1) is 16.0 Å². The van der Waals surface area contributed by atoms with E-state index in [-0.39, 0.29) is 16.4 Å². The number of hydrogen-bond acceptors (Lipinski definition) is 4. The molecule has 1 aromatic heterocycles. The Kier molecular flexibility index (Phi) is 6.38. The van der Waals surface area contributed by atoms with Crippen molar-refractivity contribution in [3.05, 3.63) is 33.1 Å². The monoisotopic (exact) mass is 299 g/mol. The molecule has 1 aromatic rings. The van der Waals surface area contributed by atoms with Gasteiger partial charge in [0.1, 0.15) is 16.9 Å². The molecule has 1 rings (SSSR count). The standard InChI is InChI=1S/C13H18ClN3O3/c1-9(2)5-3-4-6-15-13(18)10-7-12(14)16-8-11(10)17(19)20/h7-9H,3-6H2,1-2H3,(H,15,18). The van der Waals surface area contributed by atoms with Gasteiger partial charge < -0.3 is 5.32 Å². The number of carbonyl (C=O) groups excluding carboxylic acids is 1. The number of rotatable bonds is 7. The highest BCUT2D eigenvalue weighted by Crippen LogP contribution is 2.20. The van der Waals surface area contributed by atoms with E-state index in [1.54, 1.807) is 0 Å². The molecule has 0 bridgehead atoms. The van der Waals surface area contributed by atoms with Crippen molar-refractivity contribution in [2.45, 2.75) is 33.1 Å². The van der Waals surface area contributed by atoms with Crippen LogP contribution in [0.4, 0.5) is 5.69 Å². The van der Waals surface area contributed by atoms with Crippen molar-refractivity contribution in [1.29, 1.82) is 0 Å². The Morgan fingerprint density at radius 2 is 2.20 bits per heavy atom. The maximum atomic E-state index is 11.9. The molecule has 7 heteroatoms. The smallest absolute Gasteiger partial charge is 0.300 e. The fourth-order valence-corrected chi connectivity index (χ4v) is 1.88. The topological polar surface area (TPSA) is 85.1 Å². The Morgan fingerprint density at radius 1 is 1.50 bits per heavy atom. The molecule has 0 aliphatic heterocycles. The van der Waals surface area contributed by atoms with Gasteiger partial charge in [-0.15, -0.1) is 0 Å². The summed E-state index contributed by atoms with van der Waals surface area (Å²) in [5.41, 5.74) is -0.395. The molecule has 0 spiro atoms. The highest BCUT2D eigenvalue weighted by Gasteiger charge is 2.20. The predicted molar refractivity (Wildman–Crippen MR) is 76.9 cm³/mol. The lowest BCUT2D eigenvalue weighted by Gasteiger charge is -2.07. The lowest BCUT2D eigenvalue weighted by atomic mass is 10.1. The van der Waals surface area contributed by atoms with E-state index in [0.29, 0.717) is 12.5 Å². The zero-order valence-electron chi connectivity index (χ0n) is 11.6. The Labute approximate surface area is 122 Å². The first kappa shape index (κ1) is 16.4. The second-order valence-electron chi connectivity index (χ2n) is 4.93. The highest BCUT2D eigenvalue weighted by atomic mass is 35.5. The van der Waals surface area contributed by atoms with E-state index in [1.807, 2.05) is 0 Å². The van der Waals surface area contributed by atoms with Crippen molar-refractivity contribution in [2.24, 2.45) is 5.92 Å². The molecule has 1 amide bonds. The average molecular weight is 300 g/mol. The fourth-order valence-electron chi connectivity index (χ4n) is 1.72. The highest BCUT2D eigenvalue weighted by molar-refractivity contribution is 6.29. The zero-order chi connectivity index (χ0) is 15.1. The molecule has 0 fully saturated rings. The molecule has 0 aliphatic carbocycles. The van der Waals surface area contributed by atoms with E-state index < -0.39 is 10.8 Å². The minimum absolute atomic E-state index is 0.0561. The third-order valence-corrected chi connectivity index (χ3v) is 2.99. The summed E-state index contributed by atoms with van der Waals surface area (Å²) >= 11 is 5.67. The van der Waals surface area contributed by atoms with Gasteiger partial charge in [-0.3, -0.25) is 14.9 Å². The minimum atomic E-state index is -0.642. The van der Waals surface area contributed by atoms with Crippen molar-refractivity contribution in [2.75, 3.05) is 6.54 Å². The van der Waals surface area contributed by atoms with Crippen molar-refractivity contribution in [3.63, 3.8) is 0 Å². The minimum Gasteiger partial charge on any atom is -0.352 e. The molecule has 1 heterocycles. The van der Waals surface area contributed by atoms with Crippen molar-refractivity contribution in [1.82, 2.24) is 10.3 Å². The number of aromatic nitrogens is 1. The number of hydrogen-bond donors (Lipinski definition) is 1. The van der Waals surface area contributed by atoms with E-state index in [9.17, 15) is 14.9 Å². The molecule has 0 atom stereocenters. The van der Waals surface area contributed by atoms with Crippen LogP contribution in [0.2, 0.25) is 5.15 Å². The maximum absolute atomic E-state index is 11.9. The van der Waals surface area contributed by atoms with Gasteiger partial charge in [0.25, 0.3) is 11.6 Å². The number of nitrogens with one attached hydrogen (secondary N) is 1. The second kappa shape index (κ2) is 7.79. The van der Waals surface area contributed by atoms with Crippen molar-refractivity contribution < 1.29 is 9.72 Å². The first-order chi connectivity index (χ1) is 9.41. The summed E-state index contributed by atoms with van der Waals surface area (Å²) in [7, 11) is 0. The lowest BCUT2D eigenvalue weighted by Crippen LogP contribution is -2.25. The Bertz CT molecular complexity index is 492. The number of nitrogens with zero attached hydrogens (tertiary/aromatic N) is 2. The summed E-state index contributed by atoms with van der Waals surface area (Å²) in [5, 5.41) is 13.6. The van der Waals surface area contributed by atoms with Gasteiger partial charge in [0.15, 0.2) is 0 Å². The van der Waals surface area contributed by atoms with Crippen LogP contribution in [0.5, 0.6) is 0 Å². The van der Waals surface area contributed by atoms with Gasteiger partial charge in [0.2, 0.25) is 0 Å². The number of amides is 1. The van der Waals surface area contributed by atoms with Crippen molar-refractivity contribution in [3.8, 4) is 0 Å². The molecule has 0 aromatic carbocycles. The molecular weight excluding hydrogens is 282 g/mol. The lowest BCUT2D eigenvalue weighted by molar-refractivity contribution is -0.385. The van der Waals surface area contributed by atoms with Crippen molar-refractivity contribution >= 4 is 23.2 Å². The van der Waals surface area contributed by atoms with Gasteiger partial charge >= 0.3 is 0 Å². The predicted octanol–water partition coefficient (Wildman–Crippen LogP) is 3.20. The van der Waals surface area contributed by atoms with Crippen LogP contribution in [0.15, 0.2) is 12.3 Å². The Hall–Kier alpha value is -1.69. The first-order valence-electron chi connectivity index (χ1n) is 6.50. The molecule has 0 radical (unpaired) electrons. The molecule has 0 aliphatic rings. The molecule has 6 nitrogen and oxygen atoms in total. The molecule has 0 saturated carbocycles. The number of halogens is 1. The summed E-state index contributed by atoms with van der Waals surface area (Å²) in [4.78, 5) is 25.7. The number of unbranched alkanes of at least 4 members (excludes halogenated alkanes) is 1. The largest absolute Gasteiger partial charge is 0.352 e. The molecular formula is C13H18ClN3O3. The normalized spacial score (nSPS) is 10.6. The second-order valence-corrected chi connectivity index (χ2v) is 5.31. The van der Waals surface area contributed by atoms with Crippen LogP contribution in [0.25, 0.3) is 0 Å². The van der Waals surface area contributed by atoms with Crippen LogP contribution in [-0.4, -0.2) is 22.4 Å². The Morgan fingerprint density at radius 3 is 2.80 bits per heavy atom. The summed E-state index contributed by atoms with van der Waals surface area (Å²) in [6.07, 6.45) is 3.95. The quantitative estimate of drug-likeness (QED) is 0.362. The van der Waals surface area contributed by atoms with Gasteiger partial charge in [-0.25, -0.2) is 4.98 Å². The fraction of sp³-hybridized carbons (Fsp3) is 0.538. The van der Waals surface area contributed by atoms with Gasteiger partial charge in [-0.2, -0.15) is 0 Å².